The van der Waals surface area contributed by atoms with E-state index in [9.17, 15) is 0 Å². The molecule has 3 N–H and O–H groups in total. The molecule has 0 amide bonds. The molecular weight excluding hydrogens is 320 g/mol. The van der Waals surface area contributed by atoms with Gasteiger partial charge in [-0.3, -0.25) is 5.10 Å². The summed E-state index contributed by atoms with van der Waals surface area (Å²) in [5.41, 5.74) is 1.64. The largest absolute Gasteiger partial charge is 0.493 e. The quantitative estimate of drug-likeness (QED) is 0.608. The third-order valence-electron chi connectivity index (χ3n) is 3.44. The van der Waals surface area contributed by atoms with Gasteiger partial charge < -0.3 is 20.1 Å². The summed E-state index contributed by atoms with van der Waals surface area (Å²) in [6.45, 7) is 3.74. The van der Waals surface area contributed by atoms with Crippen molar-refractivity contribution in [3.63, 3.8) is 0 Å². The van der Waals surface area contributed by atoms with Crippen molar-refractivity contribution < 1.29 is 9.47 Å². The average Bonchev–Trinajstić information content (AvgIpc) is 3.09. The first-order valence-corrected chi connectivity index (χ1v) is 7.48. The molecule has 1 aromatic carbocycles. The Hall–Kier alpha value is -3.55. The van der Waals surface area contributed by atoms with E-state index >= 15 is 0 Å². The number of hydrogen-bond donors (Lipinski definition) is 3. The highest BCUT2D eigenvalue weighted by Gasteiger charge is 2.07. The van der Waals surface area contributed by atoms with Crippen molar-refractivity contribution in [2.24, 2.45) is 0 Å². The Balaban J connectivity index is 1.79. The number of rotatable bonds is 7. The van der Waals surface area contributed by atoms with E-state index in [-0.39, 0.29) is 0 Å². The Kier molecular flexibility index (Phi) is 4.79. The molecule has 0 fully saturated rings. The lowest BCUT2D eigenvalue weighted by atomic mass is 10.3. The normalized spacial score (nSPS) is 10.2. The molecule has 0 radical (unpaired) electrons. The molecule has 0 atom stereocenters. The average molecular weight is 338 g/mol. The van der Waals surface area contributed by atoms with Crippen molar-refractivity contribution >= 4 is 29.3 Å². The van der Waals surface area contributed by atoms with Crippen LogP contribution in [0.25, 0.3) is 6.08 Å². The second-order valence-electron chi connectivity index (χ2n) is 4.99. The van der Waals surface area contributed by atoms with Crippen molar-refractivity contribution in [1.29, 1.82) is 0 Å². The van der Waals surface area contributed by atoms with E-state index in [2.05, 4.69) is 37.4 Å². The number of nitrogens with one attached hydrogen (secondary N) is 3. The summed E-state index contributed by atoms with van der Waals surface area (Å²) >= 11 is 0. The fraction of sp³-hybridized carbons (Fsp3) is 0.118. The van der Waals surface area contributed by atoms with Gasteiger partial charge >= 0.3 is 0 Å². The summed E-state index contributed by atoms with van der Waals surface area (Å²) in [6.07, 6.45) is 5.04. The molecule has 3 aromatic rings. The highest BCUT2D eigenvalue weighted by Crippen LogP contribution is 2.30. The summed E-state index contributed by atoms with van der Waals surface area (Å²) in [5.74, 6) is 3.04. The molecule has 0 spiro atoms. The zero-order chi connectivity index (χ0) is 17.6. The molecular formula is C17H18N6O2. The number of aromatic nitrogens is 4. The first-order valence-electron chi connectivity index (χ1n) is 7.48. The van der Waals surface area contributed by atoms with Gasteiger partial charge in [0.2, 0.25) is 5.95 Å². The Morgan fingerprint density at radius 1 is 1.12 bits per heavy atom. The van der Waals surface area contributed by atoms with Crippen LogP contribution in [0.3, 0.4) is 0 Å². The summed E-state index contributed by atoms with van der Waals surface area (Å²) < 4.78 is 10.5. The van der Waals surface area contributed by atoms with Crippen LogP contribution in [-0.2, 0) is 0 Å². The van der Waals surface area contributed by atoms with E-state index in [1.165, 1.54) is 0 Å². The van der Waals surface area contributed by atoms with Crippen LogP contribution in [0.4, 0.5) is 23.3 Å². The van der Waals surface area contributed by atoms with Gasteiger partial charge in [0, 0.05) is 23.5 Å². The molecule has 0 aliphatic heterocycles. The maximum absolute atomic E-state index is 5.30. The Morgan fingerprint density at radius 2 is 1.96 bits per heavy atom. The minimum atomic E-state index is 0.442. The first kappa shape index (κ1) is 16.3. The van der Waals surface area contributed by atoms with Crippen molar-refractivity contribution in [2.75, 3.05) is 24.9 Å². The lowest BCUT2D eigenvalue weighted by molar-refractivity contribution is 0.355. The van der Waals surface area contributed by atoms with Crippen molar-refractivity contribution in [1.82, 2.24) is 20.2 Å². The standard InChI is InChI=1S/C17H18N6O2/c1-4-11-10-19-23-16(11)21-15-7-8-18-17(22-15)20-12-5-6-13(24-2)14(9-12)25-3/h4-10H,1H2,2-3H3,(H3,18,19,20,21,22,23). The molecule has 0 aliphatic carbocycles. The van der Waals surface area contributed by atoms with Crippen molar-refractivity contribution in [3.8, 4) is 11.5 Å². The molecule has 128 valence electrons. The monoisotopic (exact) mass is 338 g/mol. The van der Waals surface area contributed by atoms with Gasteiger partial charge in [0.1, 0.15) is 11.6 Å². The second-order valence-corrected chi connectivity index (χ2v) is 4.99. The highest BCUT2D eigenvalue weighted by atomic mass is 16.5. The smallest absolute Gasteiger partial charge is 0.229 e. The zero-order valence-electron chi connectivity index (χ0n) is 13.9. The van der Waals surface area contributed by atoms with Crippen molar-refractivity contribution in [2.45, 2.75) is 0 Å². The van der Waals surface area contributed by atoms with Gasteiger partial charge in [-0.25, -0.2) is 4.98 Å². The number of benzene rings is 1. The van der Waals surface area contributed by atoms with Gasteiger partial charge in [-0.2, -0.15) is 10.1 Å². The van der Waals surface area contributed by atoms with E-state index in [0.29, 0.717) is 29.1 Å². The number of hydrogen-bond acceptors (Lipinski definition) is 7. The number of methoxy groups -OCH3 is 2. The fourth-order valence-electron chi connectivity index (χ4n) is 2.21. The predicted molar refractivity (Wildman–Crippen MR) is 96.8 cm³/mol. The first-order chi connectivity index (χ1) is 12.2. The van der Waals surface area contributed by atoms with E-state index < -0.39 is 0 Å². The lowest BCUT2D eigenvalue weighted by Crippen LogP contribution is -2.01. The number of H-pyrrole nitrogens is 1. The SMILES string of the molecule is C=Cc1cn[nH]c1Nc1ccnc(Nc2ccc(OC)c(OC)c2)n1. The molecule has 3 rings (SSSR count). The van der Waals surface area contributed by atoms with Crippen LogP contribution in [0.5, 0.6) is 11.5 Å². The summed E-state index contributed by atoms with van der Waals surface area (Å²) in [7, 11) is 3.18. The number of ether oxygens (including phenoxy) is 2. The summed E-state index contributed by atoms with van der Waals surface area (Å²) in [4.78, 5) is 8.65. The maximum Gasteiger partial charge on any atom is 0.229 e. The topological polar surface area (TPSA) is 97.0 Å². The summed E-state index contributed by atoms with van der Waals surface area (Å²) in [6, 6.07) is 7.24. The van der Waals surface area contributed by atoms with Gasteiger partial charge in [0.05, 0.1) is 20.4 Å². The zero-order valence-corrected chi connectivity index (χ0v) is 13.9. The van der Waals surface area contributed by atoms with Gasteiger partial charge in [-0.05, 0) is 18.2 Å². The molecule has 2 aromatic heterocycles. The maximum atomic E-state index is 5.30. The molecule has 8 nitrogen and oxygen atoms in total. The van der Waals surface area contributed by atoms with Crippen LogP contribution < -0.4 is 20.1 Å². The molecule has 25 heavy (non-hydrogen) atoms. The third-order valence-corrected chi connectivity index (χ3v) is 3.44. The van der Waals surface area contributed by atoms with E-state index in [1.54, 1.807) is 38.8 Å². The number of aromatic amines is 1. The van der Waals surface area contributed by atoms with Crippen LogP contribution in [-0.4, -0.2) is 34.4 Å². The number of nitrogens with zero attached hydrogens (tertiary/aromatic N) is 3. The molecule has 0 saturated heterocycles. The minimum Gasteiger partial charge on any atom is -0.493 e. The second kappa shape index (κ2) is 7.35. The van der Waals surface area contributed by atoms with Gasteiger partial charge in [0.15, 0.2) is 11.5 Å². The fourth-order valence-corrected chi connectivity index (χ4v) is 2.21. The van der Waals surface area contributed by atoms with E-state index in [4.69, 9.17) is 9.47 Å². The third kappa shape index (κ3) is 3.69. The van der Waals surface area contributed by atoms with Crippen molar-refractivity contribution in [3.05, 3.63) is 48.8 Å². The van der Waals surface area contributed by atoms with Gasteiger partial charge in [-0.15, -0.1) is 0 Å². The molecule has 0 saturated carbocycles. The Morgan fingerprint density at radius 3 is 2.72 bits per heavy atom. The Bertz CT molecular complexity index is 877. The molecule has 8 heteroatoms. The molecule has 0 unspecified atom stereocenters. The van der Waals surface area contributed by atoms with E-state index in [1.807, 2.05) is 18.2 Å². The number of anilines is 4. The minimum absolute atomic E-state index is 0.442. The van der Waals surface area contributed by atoms with Gasteiger partial charge in [0.25, 0.3) is 0 Å². The van der Waals surface area contributed by atoms with Gasteiger partial charge in [-0.1, -0.05) is 12.7 Å². The Labute approximate surface area is 144 Å². The molecule has 0 aliphatic rings. The van der Waals surface area contributed by atoms with Crippen LogP contribution in [0.1, 0.15) is 5.56 Å². The van der Waals surface area contributed by atoms with Crippen LogP contribution in [0, 0.1) is 0 Å². The van der Waals surface area contributed by atoms with Crippen LogP contribution in [0.15, 0.2) is 43.2 Å². The molecule has 0 bridgehead atoms. The lowest BCUT2D eigenvalue weighted by Gasteiger charge is -2.11. The van der Waals surface area contributed by atoms with Crippen LogP contribution in [0.2, 0.25) is 0 Å². The highest BCUT2D eigenvalue weighted by molar-refractivity contribution is 5.66. The molecule has 2 heterocycles. The summed E-state index contributed by atoms with van der Waals surface area (Å²) in [5, 5.41) is 13.1. The van der Waals surface area contributed by atoms with Crippen LogP contribution >= 0.6 is 0 Å². The predicted octanol–water partition coefficient (Wildman–Crippen LogP) is 3.35. The van der Waals surface area contributed by atoms with E-state index in [0.717, 1.165) is 11.3 Å².